The highest BCUT2D eigenvalue weighted by Crippen LogP contribution is 2.25. The first-order valence-corrected chi connectivity index (χ1v) is 5.78. The highest BCUT2D eigenvalue weighted by molar-refractivity contribution is 5.08. The molecule has 1 fully saturated rings. The van der Waals surface area contributed by atoms with E-state index in [9.17, 15) is 0 Å². The first-order chi connectivity index (χ1) is 8.15. The van der Waals surface area contributed by atoms with Gasteiger partial charge < -0.3 is 9.47 Å². The summed E-state index contributed by atoms with van der Waals surface area (Å²) in [6, 6.07) is 0.414. The SMILES string of the molecule is COc1ncc(CN2CCC(C)(OC)C2)cn1. The minimum Gasteiger partial charge on any atom is -0.467 e. The number of methoxy groups -OCH3 is 2. The molecule has 0 aromatic carbocycles. The summed E-state index contributed by atoms with van der Waals surface area (Å²) in [6.07, 6.45) is 4.70. The second-order valence-corrected chi connectivity index (χ2v) is 4.69. The molecule has 2 heterocycles. The zero-order chi connectivity index (χ0) is 12.3. The maximum atomic E-state index is 5.51. The Kier molecular flexibility index (Phi) is 3.59. The lowest BCUT2D eigenvalue weighted by Crippen LogP contribution is -2.31. The van der Waals surface area contributed by atoms with Crippen molar-refractivity contribution in [1.82, 2.24) is 14.9 Å². The topological polar surface area (TPSA) is 47.5 Å². The molecule has 0 saturated carbocycles. The highest BCUT2D eigenvalue weighted by Gasteiger charge is 2.33. The molecule has 5 nitrogen and oxygen atoms in total. The van der Waals surface area contributed by atoms with E-state index in [0.29, 0.717) is 6.01 Å². The van der Waals surface area contributed by atoms with Gasteiger partial charge in [-0.05, 0) is 13.3 Å². The Labute approximate surface area is 102 Å². The van der Waals surface area contributed by atoms with Gasteiger partial charge in [-0.1, -0.05) is 0 Å². The summed E-state index contributed by atoms with van der Waals surface area (Å²) in [4.78, 5) is 10.6. The molecule has 0 amide bonds. The average Bonchev–Trinajstić information content (AvgIpc) is 2.73. The minimum atomic E-state index is -0.00662. The molecule has 1 aromatic rings. The summed E-state index contributed by atoms with van der Waals surface area (Å²) in [5.74, 6) is 0. The fourth-order valence-corrected chi connectivity index (χ4v) is 2.12. The van der Waals surface area contributed by atoms with Crippen LogP contribution in [0.3, 0.4) is 0 Å². The lowest BCUT2D eigenvalue weighted by Gasteiger charge is -2.22. The van der Waals surface area contributed by atoms with Crippen LogP contribution >= 0.6 is 0 Å². The lowest BCUT2D eigenvalue weighted by molar-refractivity contribution is 0.0143. The molecule has 2 rings (SSSR count). The Morgan fingerprint density at radius 3 is 2.59 bits per heavy atom. The van der Waals surface area contributed by atoms with E-state index in [1.54, 1.807) is 14.2 Å². The molecular weight excluding hydrogens is 218 g/mol. The van der Waals surface area contributed by atoms with Crippen molar-refractivity contribution >= 4 is 0 Å². The van der Waals surface area contributed by atoms with Gasteiger partial charge in [0.25, 0.3) is 0 Å². The van der Waals surface area contributed by atoms with Gasteiger partial charge in [0.15, 0.2) is 0 Å². The van der Waals surface area contributed by atoms with E-state index in [1.165, 1.54) is 0 Å². The summed E-state index contributed by atoms with van der Waals surface area (Å²) in [5, 5.41) is 0. The molecule has 0 N–H and O–H groups in total. The van der Waals surface area contributed by atoms with Crippen LogP contribution in [0.1, 0.15) is 18.9 Å². The van der Waals surface area contributed by atoms with Gasteiger partial charge in [-0.15, -0.1) is 0 Å². The third-order valence-electron chi connectivity index (χ3n) is 3.28. The minimum absolute atomic E-state index is 0.00662. The molecule has 1 aliphatic heterocycles. The van der Waals surface area contributed by atoms with Gasteiger partial charge in [-0.25, -0.2) is 9.97 Å². The maximum absolute atomic E-state index is 5.51. The second kappa shape index (κ2) is 4.98. The van der Waals surface area contributed by atoms with Crippen molar-refractivity contribution < 1.29 is 9.47 Å². The number of ether oxygens (including phenoxy) is 2. The fraction of sp³-hybridized carbons (Fsp3) is 0.667. The summed E-state index contributed by atoms with van der Waals surface area (Å²) in [6.45, 7) is 5.02. The van der Waals surface area contributed by atoms with Crippen molar-refractivity contribution in [2.24, 2.45) is 0 Å². The number of hydrogen-bond acceptors (Lipinski definition) is 5. The Morgan fingerprint density at radius 2 is 2.06 bits per heavy atom. The molecule has 0 radical (unpaired) electrons. The molecule has 17 heavy (non-hydrogen) atoms. The molecule has 1 unspecified atom stereocenters. The lowest BCUT2D eigenvalue weighted by atomic mass is 10.1. The van der Waals surface area contributed by atoms with Crippen LogP contribution < -0.4 is 4.74 Å². The maximum Gasteiger partial charge on any atom is 0.316 e. The fourth-order valence-electron chi connectivity index (χ4n) is 2.12. The standard InChI is InChI=1S/C12H19N3O2/c1-12(17-3)4-5-15(9-12)8-10-6-13-11(16-2)14-7-10/h6-7H,4-5,8-9H2,1-3H3. The molecule has 1 atom stereocenters. The zero-order valence-corrected chi connectivity index (χ0v) is 10.6. The molecule has 0 spiro atoms. The summed E-state index contributed by atoms with van der Waals surface area (Å²) < 4.78 is 10.4. The Balaban J connectivity index is 1.93. The van der Waals surface area contributed by atoms with E-state index in [2.05, 4.69) is 21.8 Å². The third kappa shape index (κ3) is 2.92. The highest BCUT2D eigenvalue weighted by atomic mass is 16.5. The largest absolute Gasteiger partial charge is 0.467 e. The Morgan fingerprint density at radius 1 is 1.35 bits per heavy atom. The van der Waals surface area contributed by atoms with Gasteiger partial charge in [-0.2, -0.15) is 0 Å². The summed E-state index contributed by atoms with van der Waals surface area (Å²) >= 11 is 0. The zero-order valence-electron chi connectivity index (χ0n) is 10.6. The average molecular weight is 237 g/mol. The molecule has 1 aliphatic rings. The van der Waals surface area contributed by atoms with E-state index in [0.717, 1.165) is 31.6 Å². The van der Waals surface area contributed by atoms with Crippen molar-refractivity contribution in [2.45, 2.75) is 25.5 Å². The molecular formula is C12H19N3O2. The Hall–Kier alpha value is -1.20. The van der Waals surface area contributed by atoms with Crippen LogP contribution in [0, 0.1) is 0 Å². The van der Waals surface area contributed by atoms with Crippen LogP contribution in [-0.4, -0.2) is 47.8 Å². The molecule has 94 valence electrons. The van der Waals surface area contributed by atoms with Crippen LogP contribution in [-0.2, 0) is 11.3 Å². The number of nitrogens with zero attached hydrogens (tertiary/aromatic N) is 3. The molecule has 0 aliphatic carbocycles. The van der Waals surface area contributed by atoms with Crippen molar-refractivity contribution in [1.29, 1.82) is 0 Å². The second-order valence-electron chi connectivity index (χ2n) is 4.69. The van der Waals surface area contributed by atoms with Crippen LogP contribution in [0.4, 0.5) is 0 Å². The predicted molar refractivity (Wildman–Crippen MR) is 63.9 cm³/mol. The molecule has 1 saturated heterocycles. The van der Waals surface area contributed by atoms with Crippen LogP contribution in [0.5, 0.6) is 6.01 Å². The number of hydrogen-bond donors (Lipinski definition) is 0. The number of likely N-dealkylation sites (tertiary alicyclic amines) is 1. The van der Waals surface area contributed by atoms with Gasteiger partial charge in [0, 0.05) is 44.7 Å². The third-order valence-corrected chi connectivity index (χ3v) is 3.28. The summed E-state index contributed by atoms with van der Waals surface area (Å²) in [5.41, 5.74) is 1.10. The van der Waals surface area contributed by atoms with Crippen LogP contribution in [0.2, 0.25) is 0 Å². The molecule has 0 bridgehead atoms. The van der Waals surface area contributed by atoms with E-state index in [-0.39, 0.29) is 5.60 Å². The monoisotopic (exact) mass is 237 g/mol. The van der Waals surface area contributed by atoms with Gasteiger partial charge in [-0.3, -0.25) is 4.90 Å². The van der Waals surface area contributed by atoms with Gasteiger partial charge in [0.1, 0.15) is 0 Å². The quantitative estimate of drug-likeness (QED) is 0.784. The van der Waals surface area contributed by atoms with Crippen molar-refractivity contribution in [3.63, 3.8) is 0 Å². The van der Waals surface area contributed by atoms with E-state index >= 15 is 0 Å². The van der Waals surface area contributed by atoms with Crippen molar-refractivity contribution in [2.75, 3.05) is 27.3 Å². The molecule has 1 aromatic heterocycles. The number of aromatic nitrogens is 2. The van der Waals surface area contributed by atoms with Gasteiger partial charge in [0.05, 0.1) is 12.7 Å². The van der Waals surface area contributed by atoms with E-state index in [4.69, 9.17) is 9.47 Å². The summed E-state index contributed by atoms with van der Waals surface area (Å²) in [7, 11) is 3.35. The van der Waals surface area contributed by atoms with Crippen molar-refractivity contribution in [3.8, 4) is 6.01 Å². The van der Waals surface area contributed by atoms with Crippen LogP contribution in [0.25, 0.3) is 0 Å². The Bertz CT molecular complexity index is 369. The van der Waals surface area contributed by atoms with E-state index in [1.807, 2.05) is 12.4 Å². The van der Waals surface area contributed by atoms with Crippen molar-refractivity contribution in [3.05, 3.63) is 18.0 Å². The first kappa shape index (κ1) is 12.3. The van der Waals surface area contributed by atoms with Crippen LogP contribution in [0.15, 0.2) is 12.4 Å². The first-order valence-electron chi connectivity index (χ1n) is 5.78. The predicted octanol–water partition coefficient (Wildman–Crippen LogP) is 1.10. The smallest absolute Gasteiger partial charge is 0.316 e. The number of rotatable bonds is 4. The normalized spacial score (nSPS) is 25.1. The molecule has 5 heteroatoms. The van der Waals surface area contributed by atoms with Gasteiger partial charge >= 0.3 is 6.01 Å². The van der Waals surface area contributed by atoms with Gasteiger partial charge in [0.2, 0.25) is 0 Å². The van der Waals surface area contributed by atoms with E-state index < -0.39 is 0 Å².